The number of fused-ring (bicyclic) bond motifs is 6. The highest BCUT2D eigenvalue weighted by Gasteiger charge is 2.15. The summed E-state index contributed by atoms with van der Waals surface area (Å²) in [4.78, 5) is 10.0. The van der Waals surface area contributed by atoms with Crippen LogP contribution < -0.4 is 0 Å². The Hall–Kier alpha value is -3.79. The molecule has 0 atom stereocenters. The molecule has 0 saturated carbocycles. The molecule has 160 valence electrons. The average Bonchev–Trinajstić information content (AvgIpc) is 3.26. The Balaban J connectivity index is 1.34. The van der Waals surface area contributed by atoms with Gasteiger partial charge in [-0.05, 0) is 56.4 Å². The predicted octanol–water partition coefficient (Wildman–Crippen LogP) is 9.14. The van der Waals surface area contributed by atoms with Crippen LogP contribution in [0.3, 0.4) is 0 Å². The second-order valence-electron chi connectivity index (χ2n) is 8.42. The maximum Gasteiger partial charge on any atom is 0.224 e. The molecule has 0 bridgehead atoms. The van der Waals surface area contributed by atoms with Crippen molar-refractivity contribution in [2.24, 2.45) is 0 Å². The van der Waals surface area contributed by atoms with Gasteiger partial charge in [0, 0.05) is 21.0 Å². The lowest BCUT2D eigenvalue weighted by Gasteiger charge is -2.09. The van der Waals surface area contributed by atoms with E-state index in [4.69, 9.17) is 11.6 Å². The van der Waals surface area contributed by atoms with Gasteiger partial charge in [-0.1, -0.05) is 91.0 Å². The molecule has 0 spiro atoms. The van der Waals surface area contributed by atoms with Gasteiger partial charge in [-0.15, -0.1) is 11.3 Å². The van der Waals surface area contributed by atoms with Crippen LogP contribution in [-0.4, -0.2) is 9.97 Å². The van der Waals surface area contributed by atoms with E-state index < -0.39 is 0 Å². The van der Waals surface area contributed by atoms with E-state index in [9.17, 15) is 0 Å². The minimum absolute atomic E-state index is 0.278. The molecule has 2 nitrogen and oxygen atoms in total. The molecule has 2 heterocycles. The molecule has 0 aliphatic heterocycles. The fourth-order valence-corrected chi connectivity index (χ4v) is 6.11. The van der Waals surface area contributed by atoms with Gasteiger partial charge in [-0.2, -0.15) is 0 Å². The van der Waals surface area contributed by atoms with Crippen LogP contribution in [-0.2, 0) is 0 Å². The molecular formula is C30H17ClN2S. The van der Waals surface area contributed by atoms with Crippen molar-refractivity contribution < 1.29 is 0 Å². The first-order valence-corrected chi connectivity index (χ1v) is 12.3. The zero-order valence-corrected chi connectivity index (χ0v) is 19.6. The number of halogens is 1. The Bertz CT molecular complexity index is 1870. The zero-order valence-electron chi connectivity index (χ0n) is 18.0. The summed E-state index contributed by atoms with van der Waals surface area (Å²) in [6.07, 6.45) is 0. The van der Waals surface area contributed by atoms with Crippen LogP contribution in [0.1, 0.15) is 0 Å². The molecule has 5 aromatic carbocycles. The summed E-state index contributed by atoms with van der Waals surface area (Å²) in [5, 5.41) is 7.59. The Labute approximate surface area is 205 Å². The number of rotatable bonds is 2. The van der Waals surface area contributed by atoms with E-state index in [1.807, 2.05) is 6.07 Å². The Kier molecular flexibility index (Phi) is 4.41. The lowest BCUT2D eigenvalue weighted by atomic mass is 9.96. The van der Waals surface area contributed by atoms with Gasteiger partial charge >= 0.3 is 0 Å². The Morgan fingerprint density at radius 3 is 2.12 bits per heavy atom. The van der Waals surface area contributed by atoms with Crippen molar-refractivity contribution in [1.82, 2.24) is 9.97 Å². The van der Waals surface area contributed by atoms with Crippen LogP contribution in [0.5, 0.6) is 0 Å². The first-order valence-electron chi connectivity index (χ1n) is 11.1. The quantitative estimate of drug-likeness (QED) is 0.185. The highest BCUT2D eigenvalue weighted by Crippen LogP contribution is 2.39. The summed E-state index contributed by atoms with van der Waals surface area (Å²) in [6, 6.07) is 36.6. The topological polar surface area (TPSA) is 25.8 Å². The maximum atomic E-state index is 6.31. The third-order valence-corrected chi connectivity index (χ3v) is 7.68. The summed E-state index contributed by atoms with van der Waals surface area (Å²) in [6.45, 7) is 0. The smallest absolute Gasteiger partial charge is 0.217 e. The molecule has 0 amide bonds. The first-order chi connectivity index (χ1) is 16.7. The number of aromatic nitrogens is 2. The number of benzene rings is 5. The number of hydrogen-bond acceptors (Lipinski definition) is 3. The molecule has 0 N–H and O–H groups in total. The van der Waals surface area contributed by atoms with E-state index in [0.717, 1.165) is 21.5 Å². The average molecular weight is 473 g/mol. The van der Waals surface area contributed by atoms with Gasteiger partial charge in [0.2, 0.25) is 5.28 Å². The molecule has 0 fully saturated rings. The number of nitrogens with zero attached hydrogens (tertiary/aromatic N) is 2. The molecule has 0 radical (unpaired) electrons. The second-order valence-corrected chi connectivity index (χ2v) is 9.79. The normalized spacial score (nSPS) is 11.7. The van der Waals surface area contributed by atoms with Crippen LogP contribution in [0.4, 0.5) is 0 Å². The van der Waals surface area contributed by atoms with Crippen molar-refractivity contribution in [3.05, 3.63) is 108 Å². The van der Waals surface area contributed by atoms with E-state index in [1.54, 1.807) is 11.3 Å². The number of hydrogen-bond donors (Lipinski definition) is 0. The lowest BCUT2D eigenvalue weighted by molar-refractivity contribution is 1.24. The minimum atomic E-state index is 0.278. The largest absolute Gasteiger partial charge is 0.224 e. The van der Waals surface area contributed by atoms with E-state index in [1.165, 1.54) is 42.8 Å². The van der Waals surface area contributed by atoms with Gasteiger partial charge in [-0.25, -0.2) is 9.97 Å². The molecular weight excluding hydrogens is 456 g/mol. The zero-order chi connectivity index (χ0) is 22.6. The van der Waals surface area contributed by atoms with Crippen LogP contribution in [0.15, 0.2) is 103 Å². The third kappa shape index (κ3) is 3.09. The molecule has 0 saturated heterocycles. The van der Waals surface area contributed by atoms with E-state index >= 15 is 0 Å². The molecule has 34 heavy (non-hydrogen) atoms. The van der Waals surface area contributed by atoms with Crippen molar-refractivity contribution in [1.29, 1.82) is 0 Å². The lowest BCUT2D eigenvalue weighted by Crippen LogP contribution is -1.89. The summed E-state index contributed by atoms with van der Waals surface area (Å²) < 4.78 is 1.19. The standard InChI is InChI=1S/C30H17ClN2S/c31-30-32-28(27-25-7-3-4-8-26(25)34-29(27)33-30)20-12-9-18(10-13-20)21-15-16-24-22(17-21)14-11-19-5-1-2-6-23(19)24/h1-17H. The van der Waals surface area contributed by atoms with Crippen molar-refractivity contribution >= 4 is 64.8 Å². The van der Waals surface area contributed by atoms with Crippen LogP contribution >= 0.6 is 22.9 Å². The van der Waals surface area contributed by atoms with Gasteiger partial charge in [0.15, 0.2) is 0 Å². The van der Waals surface area contributed by atoms with Crippen molar-refractivity contribution in [2.75, 3.05) is 0 Å². The number of thiophene rings is 1. The summed E-state index contributed by atoms with van der Waals surface area (Å²) in [7, 11) is 0. The highest BCUT2D eigenvalue weighted by molar-refractivity contribution is 7.25. The third-order valence-electron chi connectivity index (χ3n) is 6.45. The first kappa shape index (κ1) is 19.7. The molecule has 7 rings (SSSR count). The van der Waals surface area contributed by atoms with Gasteiger partial charge in [0.25, 0.3) is 0 Å². The summed E-state index contributed by atoms with van der Waals surface area (Å²) in [5.41, 5.74) is 4.28. The fourth-order valence-electron chi connectivity index (χ4n) is 4.82. The van der Waals surface area contributed by atoms with Crippen LogP contribution in [0.2, 0.25) is 5.28 Å². The van der Waals surface area contributed by atoms with E-state index in [-0.39, 0.29) is 5.28 Å². The van der Waals surface area contributed by atoms with Crippen LogP contribution in [0.25, 0.3) is 64.2 Å². The molecule has 7 aromatic rings. The van der Waals surface area contributed by atoms with Crippen molar-refractivity contribution in [3.8, 4) is 22.4 Å². The summed E-state index contributed by atoms with van der Waals surface area (Å²) in [5.74, 6) is 0. The molecule has 4 heteroatoms. The molecule has 0 aliphatic carbocycles. The van der Waals surface area contributed by atoms with E-state index in [2.05, 4.69) is 107 Å². The predicted molar refractivity (Wildman–Crippen MR) is 146 cm³/mol. The SMILES string of the molecule is Clc1nc(-c2ccc(-c3ccc4c(ccc5ccccc54)c3)cc2)c2c(n1)sc1ccccc12. The van der Waals surface area contributed by atoms with Crippen molar-refractivity contribution in [2.45, 2.75) is 0 Å². The Morgan fingerprint density at radius 2 is 1.24 bits per heavy atom. The minimum Gasteiger partial charge on any atom is -0.217 e. The van der Waals surface area contributed by atoms with Gasteiger partial charge in [0.1, 0.15) is 4.83 Å². The second kappa shape index (κ2) is 7.63. The van der Waals surface area contributed by atoms with Gasteiger partial charge < -0.3 is 0 Å². The Morgan fingerprint density at radius 1 is 0.559 bits per heavy atom. The monoisotopic (exact) mass is 472 g/mol. The fraction of sp³-hybridized carbons (Fsp3) is 0. The summed E-state index contributed by atoms with van der Waals surface area (Å²) >= 11 is 7.96. The molecule has 0 aliphatic rings. The maximum absolute atomic E-state index is 6.31. The highest BCUT2D eigenvalue weighted by atomic mass is 35.5. The van der Waals surface area contributed by atoms with Crippen molar-refractivity contribution in [3.63, 3.8) is 0 Å². The van der Waals surface area contributed by atoms with Gasteiger partial charge in [0.05, 0.1) is 5.69 Å². The molecule has 0 unspecified atom stereocenters. The van der Waals surface area contributed by atoms with Gasteiger partial charge in [-0.3, -0.25) is 0 Å². The molecule has 2 aromatic heterocycles. The van der Waals surface area contributed by atoms with E-state index in [0.29, 0.717) is 0 Å². The van der Waals surface area contributed by atoms with Crippen LogP contribution in [0, 0.1) is 0 Å².